The molecule has 5 heteroatoms. The topological polar surface area (TPSA) is 43.7 Å². The minimum absolute atomic E-state index is 0.0665. The SMILES string of the molecule is CN(CCO)CC(O)c1c(F)cccc1F. The van der Waals surface area contributed by atoms with Crippen molar-refractivity contribution in [2.45, 2.75) is 6.10 Å². The quantitative estimate of drug-likeness (QED) is 0.792. The highest BCUT2D eigenvalue weighted by molar-refractivity contribution is 5.22. The van der Waals surface area contributed by atoms with E-state index in [0.717, 1.165) is 12.1 Å². The van der Waals surface area contributed by atoms with Crippen LogP contribution in [0.1, 0.15) is 11.7 Å². The van der Waals surface area contributed by atoms with Gasteiger partial charge in [-0.1, -0.05) is 6.07 Å². The molecule has 0 saturated carbocycles. The van der Waals surface area contributed by atoms with Crippen molar-refractivity contribution in [2.24, 2.45) is 0 Å². The Morgan fingerprint density at radius 2 is 1.88 bits per heavy atom. The Bertz CT molecular complexity index is 327. The van der Waals surface area contributed by atoms with Crippen LogP contribution in [0.2, 0.25) is 0 Å². The lowest BCUT2D eigenvalue weighted by molar-refractivity contribution is 0.109. The van der Waals surface area contributed by atoms with Crippen molar-refractivity contribution < 1.29 is 19.0 Å². The summed E-state index contributed by atoms with van der Waals surface area (Å²) in [6, 6.07) is 3.46. The van der Waals surface area contributed by atoms with Gasteiger partial charge >= 0.3 is 0 Å². The molecular formula is C11H15F2NO2. The first-order valence-corrected chi connectivity index (χ1v) is 4.97. The Morgan fingerprint density at radius 1 is 1.31 bits per heavy atom. The van der Waals surface area contributed by atoms with E-state index in [0.29, 0.717) is 6.54 Å². The van der Waals surface area contributed by atoms with Crippen LogP contribution in [0.15, 0.2) is 18.2 Å². The molecule has 0 spiro atoms. The summed E-state index contributed by atoms with van der Waals surface area (Å²) in [5.41, 5.74) is -0.327. The van der Waals surface area contributed by atoms with Gasteiger partial charge in [-0.05, 0) is 19.2 Å². The maximum absolute atomic E-state index is 13.3. The summed E-state index contributed by atoms with van der Waals surface area (Å²) in [5, 5.41) is 18.3. The van der Waals surface area contributed by atoms with Gasteiger partial charge < -0.3 is 15.1 Å². The molecule has 0 amide bonds. The number of hydrogen-bond acceptors (Lipinski definition) is 3. The average Bonchev–Trinajstić information content (AvgIpc) is 2.17. The minimum atomic E-state index is -1.24. The third-order valence-corrected chi connectivity index (χ3v) is 2.30. The van der Waals surface area contributed by atoms with Crippen LogP contribution in [0.25, 0.3) is 0 Å². The second kappa shape index (κ2) is 5.89. The molecule has 0 aliphatic rings. The number of rotatable bonds is 5. The standard InChI is InChI=1S/C11H15F2NO2/c1-14(5-6-15)7-10(16)11-8(12)3-2-4-9(11)13/h2-4,10,15-16H,5-7H2,1H3. The summed E-state index contributed by atoms with van der Waals surface area (Å²) in [6.07, 6.45) is -1.24. The smallest absolute Gasteiger partial charge is 0.131 e. The van der Waals surface area contributed by atoms with Crippen LogP contribution in [0, 0.1) is 11.6 Å². The molecule has 2 N–H and O–H groups in total. The van der Waals surface area contributed by atoms with Crippen molar-refractivity contribution in [2.75, 3.05) is 26.7 Å². The van der Waals surface area contributed by atoms with E-state index < -0.39 is 17.7 Å². The van der Waals surface area contributed by atoms with Crippen LogP contribution >= 0.6 is 0 Å². The number of aliphatic hydroxyl groups excluding tert-OH is 2. The molecule has 1 rings (SSSR count). The summed E-state index contributed by atoms with van der Waals surface area (Å²) in [6.45, 7) is 0.342. The van der Waals surface area contributed by atoms with Gasteiger partial charge in [-0.15, -0.1) is 0 Å². The number of nitrogens with zero attached hydrogens (tertiary/aromatic N) is 1. The summed E-state index contributed by atoms with van der Waals surface area (Å²) in [5.74, 6) is -1.52. The lowest BCUT2D eigenvalue weighted by Gasteiger charge is -2.20. The fraction of sp³-hybridized carbons (Fsp3) is 0.455. The maximum Gasteiger partial charge on any atom is 0.131 e. The normalized spacial score (nSPS) is 13.1. The lowest BCUT2D eigenvalue weighted by atomic mass is 10.1. The van der Waals surface area contributed by atoms with Gasteiger partial charge in [0.1, 0.15) is 11.6 Å². The summed E-state index contributed by atoms with van der Waals surface area (Å²) in [7, 11) is 1.65. The number of likely N-dealkylation sites (N-methyl/N-ethyl adjacent to an activating group) is 1. The molecule has 0 aromatic heterocycles. The Labute approximate surface area is 92.9 Å². The molecule has 1 unspecified atom stereocenters. The number of hydrogen-bond donors (Lipinski definition) is 2. The van der Waals surface area contributed by atoms with Crippen LogP contribution in [-0.2, 0) is 0 Å². The monoisotopic (exact) mass is 231 g/mol. The Hall–Kier alpha value is -1.04. The van der Waals surface area contributed by atoms with Crippen molar-refractivity contribution in [3.8, 4) is 0 Å². The first kappa shape index (κ1) is 13.0. The van der Waals surface area contributed by atoms with E-state index in [1.54, 1.807) is 11.9 Å². The van der Waals surface area contributed by atoms with Gasteiger partial charge in [0, 0.05) is 13.1 Å². The largest absolute Gasteiger partial charge is 0.395 e. The molecule has 0 fully saturated rings. The molecule has 0 bridgehead atoms. The molecule has 90 valence electrons. The van der Waals surface area contributed by atoms with Gasteiger partial charge in [0.25, 0.3) is 0 Å². The van der Waals surface area contributed by atoms with Gasteiger partial charge in [0.2, 0.25) is 0 Å². The number of aliphatic hydroxyl groups is 2. The van der Waals surface area contributed by atoms with Crippen LogP contribution in [0.4, 0.5) is 8.78 Å². The van der Waals surface area contributed by atoms with E-state index in [-0.39, 0.29) is 18.7 Å². The summed E-state index contributed by atoms with van der Waals surface area (Å²) >= 11 is 0. The first-order valence-electron chi connectivity index (χ1n) is 4.97. The molecule has 0 heterocycles. The van der Waals surface area contributed by atoms with E-state index >= 15 is 0 Å². The minimum Gasteiger partial charge on any atom is -0.395 e. The van der Waals surface area contributed by atoms with Crippen molar-refractivity contribution >= 4 is 0 Å². The van der Waals surface area contributed by atoms with E-state index in [1.807, 2.05) is 0 Å². The maximum atomic E-state index is 13.3. The molecule has 1 atom stereocenters. The van der Waals surface area contributed by atoms with Crippen molar-refractivity contribution in [3.05, 3.63) is 35.4 Å². The lowest BCUT2D eigenvalue weighted by Crippen LogP contribution is -2.28. The molecule has 1 aromatic carbocycles. The molecule has 0 radical (unpaired) electrons. The molecule has 0 aliphatic carbocycles. The zero-order valence-electron chi connectivity index (χ0n) is 9.03. The predicted octanol–water partition coefficient (Wildman–Crippen LogP) is 0.922. The Morgan fingerprint density at radius 3 is 2.38 bits per heavy atom. The van der Waals surface area contributed by atoms with Crippen molar-refractivity contribution in [3.63, 3.8) is 0 Å². The van der Waals surface area contributed by atoms with E-state index in [1.165, 1.54) is 6.07 Å². The van der Waals surface area contributed by atoms with Crippen LogP contribution in [0.5, 0.6) is 0 Å². The molecule has 1 aromatic rings. The van der Waals surface area contributed by atoms with Crippen molar-refractivity contribution in [1.29, 1.82) is 0 Å². The molecule has 0 aliphatic heterocycles. The van der Waals surface area contributed by atoms with Gasteiger partial charge in [-0.25, -0.2) is 8.78 Å². The fourth-order valence-electron chi connectivity index (χ4n) is 1.48. The highest BCUT2D eigenvalue weighted by Crippen LogP contribution is 2.20. The second-order valence-electron chi connectivity index (χ2n) is 3.64. The van der Waals surface area contributed by atoms with Gasteiger partial charge in [0.05, 0.1) is 18.3 Å². The van der Waals surface area contributed by atoms with Crippen LogP contribution < -0.4 is 0 Å². The average molecular weight is 231 g/mol. The Balaban J connectivity index is 2.76. The van der Waals surface area contributed by atoms with Crippen LogP contribution in [-0.4, -0.2) is 41.9 Å². The van der Waals surface area contributed by atoms with Gasteiger partial charge in [0.15, 0.2) is 0 Å². The zero-order valence-corrected chi connectivity index (χ0v) is 9.03. The third-order valence-electron chi connectivity index (χ3n) is 2.30. The molecule has 3 nitrogen and oxygen atoms in total. The van der Waals surface area contributed by atoms with Gasteiger partial charge in [-0.3, -0.25) is 0 Å². The number of benzene rings is 1. The first-order chi connectivity index (χ1) is 7.56. The molecular weight excluding hydrogens is 216 g/mol. The van der Waals surface area contributed by atoms with E-state index in [4.69, 9.17) is 5.11 Å². The molecule has 16 heavy (non-hydrogen) atoms. The van der Waals surface area contributed by atoms with E-state index in [2.05, 4.69) is 0 Å². The second-order valence-corrected chi connectivity index (χ2v) is 3.64. The van der Waals surface area contributed by atoms with E-state index in [9.17, 15) is 13.9 Å². The zero-order chi connectivity index (χ0) is 12.1. The number of halogens is 2. The summed E-state index contributed by atoms with van der Waals surface area (Å²) < 4.78 is 26.5. The highest BCUT2D eigenvalue weighted by atomic mass is 19.1. The van der Waals surface area contributed by atoms with Crippen LogP contribution in [0.3, 0.4) is 0 Å². The van der Waals surface area contributed by atoms with Gasteiger partial charge in [-0.2, -0.15) is 0 Å². The third kappa shape index (κ3) is 3.23. The summed E-state index contributed by atoms with van der Waals surface area (Å²) in [4.78, 5) is 1.59. The predicted molar refractivity (Wildman–Crippen MR) is 55.9 cm³/mol. The Kier molecular flexibility index (Phi) is 4.79. The van der Waals surface area contributed by atoms with Crippen molar-refractivity contribution in [1.82, 2.24) is 4.90 Å². The molecule has 0 saturated heterocycles. The fourth-order valence-corrected chi connectivity index (χ4v) is 1.48. The highest BCUT2D eigenvalue weighted by Gasteiger charge is 2.18.